The summed E-state index contributed by atoms with van der Waals surface area (Å²) in [5, 5.41) is 3.17. The van der Waals surface area contributed by atoms with E-state index in [1.807, 2.05) is 20.2 Å². The Kier molecular flexibility index (Phi) is 4.99. The van der Waals surface area contributed by atoms with Crippen molar-refractivity contribution in [3.05, 3.63) is 36.0 Å². The van der Waals surface area contributed by atoms with E-state index in [9.17, 15) is 0 Å². The Labute approximate surface area is 98.2 Å². The van der Waals surface area contributed by atoms with Crippen LogP contribution in [0.15, 0.2) is 24.8 Å². The van der Waals surface area contributed by atoms with Crippen LogP contribution in [0.3, 0.4) is 0 Å². The molecule has 3 heteroatoms. The van der Waals surface area contributed by atoms with Gasteiger partial charge in [0.25, 0.3) is 0 Å². The van der Waals surface area contributed by atoms with Crippen LogP contribution in [-0.2, 0) is 13.0 Å². The van der Waals surface area contributed by atoms with Gasteiger partial charge >= 0.3 is 0 Å². The summed E-state index contributed by atoms with van der Waals surface area (Å²) in [6, 6.07) is 4.28. The molecule has 1 rings (SSSR count). The predicted molar refractivity (Wildman–Crippen MR) is 69.8 cm³/mol. The molecule has 1 aromatic rings. The molecule has 0 spiro atoms. The molecule has 0 saturated carbocycles. The number of pyridine rings is 1. The molecular weight excluding hydrogens is 198 g/mol. The minimum atomic E-state index is 0.819. The van der Waals surface area contributed by atoms with Crippen LogP contribution in [0.25, 0.3) is 0 Å². The SMILES string of the molecule is C=CCN(C)c1cc(CNC)cc(CC)n1. The Bertz CT molecular complexity index is 347. The third-order valence-corrected chi connectivity index (χ3v) is 2.46. The number of hydrogen-bond donors (Lipinski definition) is 1. The van der Waals surface area contributed by atoms with Gasteiger partial charge in [-0.05, 0) is 31.2 Å². The number of rotatable bonds is 6. The van der Waals surface area contributed by atoms with Crippen LogP contribution in [0.1, 0.15) is 18.2 Å². The van der Waals surface area contributed by atoms with Gasteiger partial charge in [0.05, 0.1) is 0 Å². The van der Waals surface area contributed by atoms with Gasteiger partial charge in [-0.1, -0.05) is 13.0 Å². The highest BCUT2D eigenvalue weighted by atomic mass is 15.2. The molecule has 0 bridgehead atoms. The van der Waals surface area contributed by atoms with Gasteiger partial charge in [0.2, 0.25) is 0 Å². The molecule has 0 radical (unpaired) electrons. The first-order chi connectivity index (χ1) is 7.71. The summed E-state index contributed by atoms with van der Waals surface area (Å²) < 4.78 is 0. The molecule has 16 heavy (non-hydrogen) atoms. The minimum absolute atomic E-state index is 0.819. The maximum atomic E-state index is 4.60. The Hall–Kier alpha value is -1.35. The Balaban J connectivity index is 2.98. The first-order valence-electron chi connectivity index (χ1n) is 5.67. The molecule has 1 N–H and O–H groups in total. The van der Waals surface area contributed by atoms with E-state index in [2.05, 4.69) is 40.8 Å². The first-order valence-corrected chi connectivity index (χ1v) is 5.67. The molecule has 0 fully saturated rings. The van der Waals surface area contributed by atoms with Gasteiger partial charge in [0.15, 0.2) is 0 Å². The molecular formula is C13H21N3. The average Bonchev–Trinajstić information content (AvgIpc) is 2.29. The molecule has 0 atom stereocenters. The van der Waals surface area contributed by atoms with E-state index in [-0.39, 0.29) is 0 Å². The highest BCUT2D eigenvalue weighted by molar-refractivity contribution is 5.42. The van der Waals surface area contributed by atoms with Gasteiger partial charge in [-0.25, -0.2) is 4.98 Å². The Morgan fingerprint density at radius 1 is 1.50 bits per heavy atom. The summed E-state index contributed by atoms with van der Waals surface area (Å²) in [6.45, 7) is 7.57. The number of nitrogens with zero attached hydrogens (tertiary/aromatic N) is 2. The fourth-order valence-corrected chi connectivity index (χ4v) is 1.60. The second-order valence-corrected chi connectivity index (χ2v) is 3.88. The number of nitrogens with one attached hydrogen (secondary N) is 1. The normalized spacial score (nSPS) is 10.2. The van der Waals surface area contributed by atoms with Crippen molar-refractivity contribution in [2.24, 2.45) is 0 Å². The smallest absolute Gasteiger partial charge is 0.129 e. The van der Waals surface area contributed by atoms with Crippen molar-refractivity contribution < 1.29 is 0 Å². The van der Waals surface area contributed by atoms with E-state index in [0.717, 1.165) is 31.0 Å². The summed E-state index contributed by atoms with van der Waals surface area (Å²) in [4.78, 5) is 6.71. The van der Waals surface area contributed by atoms with Crippen LogP contribution in [0.2, 0.25) is 0 Å². The maximum absolute atomic E-state index is 4.60. The maximum Gasteiger partial charge on any atom is 0.129 e. The predicted octanol–water partition coefficient (Wildman–Crippen LogP) is 1.99. The van der Waals surface area contributed by atoms with Crippen molar-refractivity contribution in [2.75, 3.05) is 25.5 Å². The summed E-state index contributed by atoms with van der Waals surface area (Å²) >= 11 is 0. The summed E-state index contributed by atoms with van der Waals surface area (Å²) in [5.74, 6) is 1.02. The van der Waals surface area contributed by atoms with E-state index >= 15 is 0 Å². The lowest BCUT2D eigenvalue weighted by Gasteiger charge is -2.18. The van der Waals surface area contributed by atoms with Crippen LogP contribution in [0.4, 0.5) is 5.82 Å². The lowest BCUT2D eigenvalue weighted by molar-refractivity contribution is 0.809. The highest BCUT2D eigenvalue weighted by Crippen LogP contribution is 2.14. The number of likely N-dealkylation sites (N-methyl/N-ethyl adjacent to an activating group) is 1. The van der Waals surface area contributed by atoms with Gasteiger partial charge in [-0.2, -0.15) is 0 Å². The molecule has 0 unspecified atom stereocenters. The number of aromatic nitrogens is 1. The largest absolute Gasteiger partial charge is 0.356 e. The van der Waals surface area contributed by atoms with E-state index in [1.165, 1.54) is 5.56 Å². The average molecular weight is 219 g/mol. The second-order valence-electron chi connectivity index (χ2n) is 3.88. The van der Waals surface area contributed by atoms with Gasteiger partial charge in [0.1, 0.15) is 5.82 Å². The number of anilines is 1. The Morgan fingerprint density at radius 2 is 2.25 bits per heavy atom. The molecule has 0 amide bonds. The molecule has 1 aromatic heterocycles. The van der Waals surface area contributed by atoms with Crippen molar-refractivity contribution >= 4 is 5.82 Å². The monoisotopic (exact) mass is 219 g/mol. The zero-order valence-corrected chi connectivity index (χ0v) is 10.5. The highest BCUT2D eigenvalue weighted by Gasteiger charge is 2.04. The van der Waals surface area contributed by atoms with Gasteiger partial charge < -0.3 is 10.2 Å². The molecule has 0 aliphatic heterocycles. The lowest BCUT2D eigenvalue weighted by atomic mass is 10.2. The van der Waals surface area contributed by atoms with Gasteiger partial charge in [0, 0.05) is 25.8 Å². The molecule has 1 heterocycles. The summed E-state index contributed by atoms with van der Waals surface area (Å²) in [7, 11) is 3.99. The van der Waals surface area contributed by atoms with Crippen LogP contribution in [0, 0.1) is 0 Å². The third kappa shape index (κ3) is 3.35. The third-order valence-electron chi connectivity index (χ3n) is 2.46. The van der Waals surface area contributed by atoms with Crippen LogP contribution >= 0.6 is 0 Å². The summed E-state index contributed by atoms with van der Waals surface area (Å²) in [5.41, 5.74) is 2.42. The quantitative estimate of drug-likeness (QED) is 0.742. The lowest BCUT2D eigenvalue weighted by Crippen LogP contribution is -2.19. The first kappa shape index (κ1) is 12.7. The molecule has 88 valence electrons. The molecule has 0 aromatic carbocycles. The molecule has 0 aliphatic carbocycles. The van der Waals surface area contributed by atoms with Crippen LogP contribution in [0.5, 0.6) is 0 Å². The van der Waals surface area contributed by atoms with Crippen molar-refractivity contribution in [3.8, 4) is 0 Å². The van der Waals surface area contributed by atoms with Crippen molar-refractivity contribution in [2.45, 2.75) is 19.9 Å². The topological polar surface area (TPSA) is 28.2 Å². The van der Waals surface area contributed by atoms with Crippen LogP contribution in [-0.4, -0.2) is 25.6 Å². The zero-order chi connectivity index (χ0) is 12.0. The van der Waals surface area contributed by atoms with Crippen molar-refractivity contribution in [3.63, 3.8) is 0 Å². The Morgan fingerprint density at radius 3 is 2.81 bits per heavy atom. The second kappa shape index (κ2) is 6.28. The van der Waals surface area contributed by atoms with Gasteiger partial charge in [-0.15, -0.1) is 6.58 Å². The fraction of sp³-hybridized carbons (Fsp3) is 0.462. The molecule has 3 nitrogen and oxygen atoms in total. The van der Waals surface area contributed by atoms with E-state index in [1.54, 1.807) is 0 Å². The van der Waals surface area contributed by atoms with E-state index < -0.39 is 0 Å². The fourth-order valence-electron chi connectivity index (χ4n) is 1.60. The van der Waals surface area contributed by atoms with Crippen LogP contribution < -0.4 is 10.2 Å². The number of aryl methyl sites for hydroxylation is 1. The van der Waals surface area contributed by atoms with E-state index in [0.29, 0.717) is 0 Å². The summed E-state index contributed by atoms with van der Waals surface area (Å²) in [6.07, 6.45) is 2.85. The van der Waals surface area contributed by atoms with Crippen molar-refractivity contribution in [1.29, 1.82) is 0 Å². The molecule has 0 saturated heterocycles. The molecule has 0 aliphatic rings. The standard InChI is InChI=1S/C13H21N3/c1-5-7-16(4)13-9-11(10-14-3)8-12(6-2)15-13/h5,8-9,14H,1,6-7,10H2,2-4H3. The minimum Gasteiger partial charge on any atom is -0.356 e. The number of hydrogen-bond acceptors (Lipinski definition) is 3. The van der Waals surface area contributed by atoms with E-state index in [4.69, 9.17) is 0 Å². The zero-order valence-electron chi connectivity index (χ0n) is 10.5. The van der Waals surface area contributed by atoms with Gasteiger partial charge in [-0.3, -0.25) is 0 Å². The van der Waals surface area contributed by atoms with Crippen molar-refractivity contribution in [1.82, 2.24) is 10.3 Å².